The van der Waals surface area contributed by atoms with Crippen LogP contribution < -0.4 is 10.2 Å². The van der Waals surface area contributed by atoms with E-state index in [0.717, 1.165) is 12.4 Å². The summed E-state index contributed by atoms with van der Waals surface area (Å²) in [6, 6.07) is -0.722. The van der Waals surface area contributed by atoms with E-state index in [1.807, 2.05) is 18.7 Å². The quantitative estimate of drug-likeness (QED) is 0.627. The zero-order chi connectivity index (χ0) is 25.1. The van der Waals surface area contributed by atoms with Gasteiger partial charge in [0.25, 0.3) is 0 Å². The number of carbonyl (C=O) groups is 1. The van der Waals surface area contributed by atoms with E-state index in [2.05, 4.69) is 15.3 Å². The number of amides is 2. The van der Waals surface area contributed by atoms with Crippen LogP contribution in [0.3, 0.4) is 0 Å². The molecule has 0 bridgehead atoms. The molecule has 2 aliphatic rings. The van der Waals surface area contributed by atoms with Gasteiger partial charge >= 0.3 is 18.4 Å². The lowest BCUT2D eigenvalue weighted by molar-refractivity contribution is -0.138. The van der Waals surface area contributed by atoms with Crippen LogP contribution in [0.5, 0.6) is 0 Å². The van der Waals surface area contributed by atoms with Gasteiger partial charge < -0.3 is 20.0 Å². The van der Waals surface area contributed by atoms with E-state index in [0.29, 0.717) is 45.6 Å². The van der Waals surface area contributed by atoms with Gasteiger partial charge in [0, 0.05) is 63.1 Å². The van der Waals surface area contributed by atoms with Crippen LogP contribution in [0.2, 0.25) is 0 Å². The van der Waals surface area contributed by atoms with Gasteiger partial charge in [-0.3, -0.25) is 0 Å². The molecular weight excluding hydrogens is 466 g/mol. The van der Waals surface area contributed by atoms with Gasteiger partial charge in [0.15, 0.2) is 0 Å². The van der Waals surface area contributed by atoms with E-state index in [4.69, 9.17) is 0 Å². The van der Waals surface area contributed by atoms with Crippen LogP contribution in [0.25, 0.3) is 0 Å². The number of rotatable bonds is 5. The van der Waals surface area contributed by atoms with Crippen LogP contribution in [0.15, 0.2) is 12.4 Å². The summed E-state index contributed by atoms with van der Waals surface area (Å²) in [7, 11) is 0. The Bertz CT molecular complexity index is 797. The number of piperidine rings is 1. The van der Waals surface area contributed by atoms with Crippen LogP contribution in [0.4, 0.5) is 37.1 Å². The van der Waals surface area contributed by atoms with Crippen molar-refractivity contribution in [2.45, 2.75) is 70.0 Å². The molecule has 2 amide bonds. The fourth-order valence-electron chi connectivity index (χ4n) is 4.57. The third-order valence-electron chi connectivity index (χ3n) is 6.25. The number of urea groups is 1. The lowest BCUT2D eigenvalue weighted by Crippen LogP contribution is -2.62. The number of hydrogen-bond acceptors (Lipinski definition) is 5. The van der Waals surface area contributed by atoms with Crippen molar-refractivity contribution in [3.63, 3.8) is 0 Å². The number of alkyl halides is 6. The molecule has 1 aromatic rings. The van der Waals surface area contributed by atoms with E-state index < -0.39 is 24.3 Å². The van der Waals surface area contributed by atoms with Crippen molar-refractivity contribution < 1.29 is 31.1 Å². The number of nitrogens with zero attached hydrogens (tertiary/aromatic N) is 5. The average molecular weight is 497 g/mol. The Morgan fingerprint density at radius 1 is 1.03 bits per heavy atom. The molecule has 7 nitrogen and oxygen atoms in total. The number of hydrogen-bond donors (Lipinski definition) is 1. The molecule has 192 valence electrons. The van der Waals surface area contributed by atoms with Gasteiger partial charge in [-0.05, 0) is 39.7 Å². The molecule has 0 aromatic carbocycles. The molecule has 2 aliphatic heterocycles. The summed E-state index contributed by atoms with van der Waals surface area (Å²) in [5, 5.41) is 3.03. The fourth-order valence-corrected chi connectivity index (χ4v) is 4.57. The summed E-state index contributed by atoms with van der Waals surface area (Å²) in [6.45, 7) is 6.12. The number of carbonyl (C=O) groups excluding carboxylic acids is 1. The molecule has 2 fully saturated rings. The number of halogens is 6. The lowest BCUT2D eigenvalue weighted by atomic mass is 10.0. The van der Waals surface area contributed by atoms with Gasteiger partial charge in [-0.15, -0.1) is 0 Å². The summed E-state index contributed by atoms with van der Waals surface area (Å²) < 4.78 is 75.2. The minimum Gasteiger partial charge on any atom is -0.337 e. The van der Waals surface area contributed by atoms with E-state index >= 15 is 0 Å². The second-order valence-electron chi connectivity index (χ2n) is 9.06. The molecule has 3 rings (SSSR count). The van der Waals surface area contributed by atoms with Crippen molar-refractivity contribution in [2.75, 3.05) is 37.6 Å². The van der Waals surface area contributed by atoms with Crippen LogP contribution >= 0.6 is 0 Å². The maximum Gasteiger partial charge on any atom is 0.419 e. The second-order valence-corrected chi connectivity index (χ2v) is 9.06. The number of aromatic nitrogens is 2. The molecule has 0 radical (unpaired) electrons. The van der Waals surface area contributed by atoms with Gasteiger partial charge in [0.1, 0.15) is 0 Å². The Kier molecular flexibility index (Phi) is 8.14. The molecule has 13 heteroatoms. The molecule has 0 unspecified atom stereocenters. The summed E-state index contributed by atoms with van der Waals surface area (Å²) in [5.74, 6) is 0.185. The standard InChI is InChI=1S/C21H30F6N6O/c1-14-12-32(18-28-10-16(11-29-18)21(25,26)27)13-15(2)33(14)19(34)30-17-4-8-31(9-5-17)7-3-6-20(22,23)24/h10-11,14-15,17H,3-9,12-13H2,1-2H3,(H,30,34)/t14-,15+. The largest absolute Gasteiger partial charge is 0.419 e. The summed E-state index contributed by atoms with van der Waals surface area (Å²) in [4.78, 5) is 26.1. The minimum absolute atomic E-state index is 0.0537. The number of likely N-dealkylation sites (tertiary alicyclic amines) is 1. The Balaban J connectivity index is 1.47. The maximum atomic E-state index is 13.0. The molecule has 0 saturated carbocycles. The summed E-state index contributed by atoms with van der Waals surface area (Å²) in [5.41, 5.74) is -0.915. The van der Waals surface area contributed by atoms with Gasteiger partial charge in [-0.2, -0.15) is 26.3 Å². The van der Waals surface area contributed by atoms with Crippen LogP contribution in [0.1, 0.15) is 45.1 Å². The average Bonchev–Trinajstić information content (AvgIpc) is 2.73. The first kappa shape index (κ1) is 26.3. The Hall–Kier alpha value is -2.31. The monoisotopic (exact) mass is 496 g/mol. The van der Waals surface area contributed by atoms with Crippen molar-refractivity contribution in [3.8, 4) is 0 Å². The van der Waals surface area contributed by atoms with Crippen molar-refractivity contribution in [1.82, 2.24) is 25.1 Å². The molecule has 0 aliphatic carbocycles. The second kappa shape index (κ2) is 10.5. The first-order valence-corrected chi connectivity index (χ1v) is 11.4. The topological polar surface area (TPSA) is 64.6 Å². The third-order valence-corrected chi connectivity index (χ3v) is 6.25. The van der Waals surface area contributed by atoms with E-state index in [-0.39, 0.29) is 36.5 Å². The predicted molar refractivity (Wildman–Crippen MR) is 113 cm³/mol. The molecule has 1 N–H and O–H groups in total. The van der Waals surface area contributed by atoms with Gasteiger partial charge in [0.05, 0.1) is 5.56 Å². The number of nitrogens with one attached hydrogen (secondary N) is 1. The van der Waals surface area contributed by atoms with Crippen LogP contribution in [-0.4, -0.2) is 82.8 Å². The highest BCUT2D eigenvalue weighted by molar-refractivity contribution is 5.75. The van der Waals surface area contributed by atoms with Crippen molar-refractivity contribution in [2.24, 2.45) is 0 Å². The Morgan fingerprint density at radius 3 is 2.09 bits per heavy atom. The number of piperazine rings is 1. The Morgan fingerprint density at radius 2 is 1.59 bits per heavy atom. The highest BCUT2D eigenvalue weighted by Gasteiger charge is 2.36. The molecular formula is C21H30F6N6O. The predicted octanol–water partition coefficient (Wildman–Crippen LogP) is 3.91. The SMILES string of the molecule is C[C@@H]1CN(c2ncc(C(F)(F)F)cn2)C[C@H](C)N1C(=O)NC1CCN(CCCC(F)(F)F)CC1. The highest BCUT2D eigenvalue weighted by atomic mass is 19.4. The maximum absolute atomic E-state index is 13.0. The highest BCUT2D eigenvalue weighted by Crippen LogP contribution is 2.29. The lowest BCUT2D eigenvalue weighted by Gasteiger charge is -2.45. The van der Waals surface area contributed by atoms with E-state index in [1.165, 1.54) is 0 Å². The van der Waals surface area contributed by atoms with Crippen LogP contribution in [0, 0.1) is 0 Å². The zero-order valence-electron chi connectivity index (χ0n) is 19.2. The Labute approximate surface area is 194 Å². The first-order valence-electron chi connectivity index (χ1n) is 11.4. The zero-order valence-corrected chi connectivity index (χ0v) is 19.2. The third kappa shape index (κ3) is 7.09. The van der Waals surface area contributed by atoms with Crippen molar-refractivity contribution >= 4 is 12.0 Å². The number of anilines is 1. The van der Waals surface area contributed by atoms with E-state index in [9.17, 15) is 31.1 Å². The van der Waals surface area contributed by atoms with Crippen LogP contribution in [-0.2, 0) is 6.18 Å². The molecule has 1 aromatic heterocycles. The summed E-state index contributed by atoms with van der Waals surface area (Å²) in [6.07, 6.45) is -6.51. The minimum atomic E-state index is -4.50. The van der Waals surface area contributed by atoms with Gasteiger partial charge in [-0.25, -0.2) is 14.8 Å². The molecule has 0 spiro atoms. The normalized spacial score (nSPS) is 23.3. The van der Waals surface area contributed by atoms with E-state index in [1.54, 1.807) is 9.80 Å². The smallest absolute Gasteiger partial charge is 0.337 e. The molecule has 3 heterocycles. The molecule has 34 heavy (non-hydrogen) atoms. The molecule has 2 saturated heterocycles. The fraction of sp³-hybridized carbons (Fsp3) is 0.762. The summed E-state index contributed by atoms with van der Waals surface area (Å²) >= 11 is 0. The molecule has 2 atom stereocenters. The van der Waals surface area contributed by atoms with Gasteiger partial charge in [-0.1, -0.05) is 0 Å². The van der Waals surface area contributed by atoms with Gasteiger partial charge in [0.2, 0.25) is 5.95 Å². The van der Waals surface area contributed by atoms with Crippen molar-refractivity contribution in [1.29, 1.82) is 0 Å². The first-order chi connectivity index (χ1) is 15.8. The van der Waals surface area contributed by atoms with Crippen molar-refractivity contribution in [3.05, 3.63) is 18.0 Å².